The molecule has 4 aromatic rings. The Morgan fingerprint density at radius 1 is 0.400 bits per heavy atom. The quantitative estimate of drug-likeness (QED) is 0.191. The lowest BCUT2D eigenvalue weighted by atomic mass is 9.89. The zero-order chi connectivity index (χ0) is 29.5. The van der Waals surface area contributed by atoms with Crippen LogP contribution < -0.4 is 0 Å². The van der Waals surface area contributed by atoms with E-state index in [1.807, 2.05) is 0 Å². The minimum Gasteiger partial charge on any atom is -0.258 e. The van der Waals surface area contributed by atoms with Crippen LogP contribution in [0.5, 0.6) is 0 Å². The summed E-state index contributed by atoms with van der Waals surface area (Å²) in [6.45, 7) is 0. The summed E-state index contributed by atoms with van der Waals surface area (Å²) in [4.78, 5) is 63.6. The molecule has 0 aliphatic heterocycles. The zero-order valence-corrected chi connectivity index (χ0v) is 19.4. The molecule has 0 aromatic heterocycles. The molecule has 0 amide bonds. The molecule has 40 heavy (non-hydrogen) atoms. The van der Waals surface area contributed by atoms with Gasteiger partial charge in [0, 0.05) is 11.1 Å². The fraction of sp³-hybridized carbons (Fsp3) is 0. The number of nitrogens with zero attached hydrogens (tertiary/aromatic N) is 6. The van der Waals surface area contributed by atoms with E-state index in [0.717, 1.165) is 12.1 Å². The van der Waals surface area contributed by atoms with Crippen molar-refractivity contribution >= 4 is 44.9 Å². The van der Waals surface area contributed by atoms with E-state index in [1.165, 1.54) is 24.3 Å². The second-order valence-electron chi connectivity index (χ2n) is 7.97. The average molecular weight is 550 g/mol. The third-order valence-corrected chi connectivity index (χ3v) is 5.83. The number of fused-ring (bicyclic) bond motifs is 1. The Labute approximate surface area is 218 Å². The second-order valence-corrected chi connectivity index (χ2v) is 7.97. The molecular formula is C22H10N6O12. The Hall–Kier alpha value is -6.46. The Morgan fingerprint density at radius 2 is 0.675 bits per heavy atom. The largest absolute Gasteiger partial charge is 0.291 e. The first-order valence-corrected chi connectivity index (χ1v) is 10.6. The summed E-state index contributed by atoms with van der Waals surface area (Å²) >= 11 is 0. The first-order chi connectivity index (χ1) is 18.8. The minimum absolute atomic E-state index is 0.00185. The molecule has 0 fully saturated rings. The Morgan fingerprint density at radius 3 is 0.900 bits per heavy atom. The van der Waals surface area contributed by atoms with Gasteiger partial charge < -0.3 is 0 Å². The number of non-ortho nitro benzene ring substituents is 2. The summed E-state index contributed by atoms with van der Waals surface area (Å²) in [6.07, 6.45) is 0. The number of rotatable bonds is 8. The van der Waals surface area contributed by atoms with Crippen molar-refractivity contribution in [3.8, 4) is 22.3 Å². The van der Waals surface area contributed by atoms with Crippen LogP contribution >= 0.6 is 0 Å². The van der Waals surface area contributed by atoms with Crippen LogP contribution in [0.25, 0.3) is 33.0 Å². The number of hydrogen-bond acceptors (Lipinski definition) is 12. The predicted octanol–water partition coefficient (Wildman–Crippen LogP) is 5.62. The van der Waals surface area contributed by atoms with Gasteiger partial charge in [-0.2, -0.15) is 0 Å². The van der Waals surface area contributed by atoms with E-state index in [0.29, 0.717) is 24.3 Å². The Bertz CT molecular complexity index is 1630. The van der Waals surface area contributed by atoms with Gasteiger partial charge in [-0.15, -0.1) is 0 Å². The molecule has 0 N–H and O–H groups in total. The van der Waals surface area contributed by atoms with Crippen molar-refractivity contribution in [2.45, 2.75) is 0 Å². The highest BCUT2D eigenvalue weighted by molar-refractivity contribution is 6.09. The van der Waals surface area contributed by atoms with E-state index in [9.17, 15) is 60.7 Å². The highest BCUT2D eigenvalue weighted by atomic mass is 16.6. The summed E-state index contributed by atoms with van der Waals surface area (Å²) in [7, 11) is 0. The maximum Gasteiger partial charge on any atom is 0.291 e. The molecule has 0 saturated carbocycles. The van der Waals surface area contributed by atoms with Crippen molar-refractivity contribution < 1.29 is 29.5 Å². The monoisotopic (exact) mass is 550 g/mol. The van der Waals surface area contributed by atoms with Gasteiger partial charge in [-0.05, 0) is 10.8 Å². The standard InChI is InChI=1S/C22H10N6O12/c29-23(30)11-7-17(25(33)34)21(18(8-11)26(35)36)15-5-6-16(14-4-2-1-3-13(14)15)22-19(27(37)38)9-12(24(31)32)10-20(22)28(39)40/h1-10H. The van der Waals surface area contributed by atoms with Gasteiger partial charge in [0.25, 0.3) is 34.1 Å². The van der Waals surface area contributed by atoms with E-state index >= 15 is 0 Å². The Balaban J connectivity index is 2.17. The smallest absolute Gasteiger partial charge is 0.258 e. The van der Waals surface area contributed by atoms with Crippen LogP contribution in [-0.2, 0) is 0 Å². The maximum absolute atomic E-state index is 11.9. The van der Waals surface area contributed by atoms with E-state index in [-0.39, 0.29) is 21.9 Å². The van der Waals surface area contributed by atoms with E-state index < -0.39 is 74.8 Å². The normalized spacial score (nSPS) is 10.7. The van der Waals surface area contributed by atoms with E-state index in [2.05, 4.69) is 0 Å². The van der Waals surface area contributed by atoms with Crippen LogP contribution in [0.3, 0.4) is 0 Å². The first kappa shape index (κ1) is 26.6. The summed E-state index contributed by atoms with van der Waals surface area (Å²) in [5, 5.41) is 69.9. The van der Waals surface area contributed by atoms with Gasteiger partial charge in [-0.3, -0.25) is 60.7 Å². The number of benzene rings is 4. The lowest BCUT2D eigenvalue weighted by Gasteiger charge is -2.13. The molecule has 0 spiro atoms. The van der Waals surface area contributed by atoms with Crippen LogP contribution in [-0.4, -0.2) is 29.5 Å². The SMILES string of the molecule is O=[N+]([O-])c1cc([N+](=O)[O-])c(-c2ccc(-c3c([N+](=O)[O-])cc([N+](=O)[O-])cc3[N+](=O)[O-])c3ccccc23)c([N+](=O)[O-])c1. The fourth-order valence-corrected chi connectivity index (χ4v) is 4.27. The molecule has 0 bridgehead atoms. The van der Waals surface area contributed by atoms with Crippen LogP contribution in [0, 0.1) is 60.7 Å². The topological polar surface area (TPSA) is 259 Å². The summed E-state index contributed by atoms with van der Waals surface area (Å²) < 4.78 is 0. The molecule has 0 atom stereocenters. The zero-order valence-electron chi connectivity index (χ0n) is 19.4. The molecule has 0 saturated heterocycles. The van der Waals surface area contributed by atoms with Gasteiger partial charge in [-0.25, -0.2) is 0 Å². The number of hydrogen-bond donors (Lipinski definition) is 0. The van der Waals surface area contributed by atoms with Crippen molar-refractivity contribution in [3.05, 3.63) is 121 Å². The first-order valence-electron chi connectivity index (χ1n) is 10.6. The van der Waals surface area contributed by atoms with Gasteiger partial charge in [0.15, 0.2) is 0 Å². The second kappa shape index (κ2) is 9.78. The molecule has 0 heterocycles. The van der Waals surface area contributed by atoms with Crippen LogP contribution in [0.4, 0.5) is 34.1 Å². The molecule has 4 rings (SSSR count). The number of nitro benzene ring substituents is 6. The van der Waals surface area contributed by atoms with Gasteiger partial charge in [0.1, 0.15) is 11.1 Å². The number of nitro groups is 6. The predicted molar refractivity (Wildman–Crippen MR) is 135 cm³/mol. The fourth-order valence-electron chi connectivity index (χ4n) is 4.27. The lowest BCUT2D eigenvalue weighted by Crippen LogP contribution is -2.02. The van der Waals surface area contributed by atoms with E-state index in [1.54, 1.807) is 0 Å². The van der Waals surface area contributed by atoms with E-state index in [4.69, 9.17) is 0 Å². The molecule has 4 aromatic carbocycles. The highest BCUT2D eigenvalue weighted by Crippen LogP contribution is 2.48. The molecular weight excluding hydrogens is 540 g/mol. The van der Waals surface area contributed by atoms with Crippen molar-refractivity contribution in [3.63, 3.8) is 0 Å². The molecule has 0 aliphatic rings. The molecule has 0 radical (unpaired) electrons. The van der Waals surface area contributed by atoms with Gasteiger partial charge in [0.2, 0.25) is 0 Å². The van der Waals surface area contributed by atoms with Crippen molar-refractivity contribution in [1.82, 2.24) is 0 Å². The van der Waals surface area contributed by atoms with Gasteiger partial charge in [-0.1, -0.05) is 36.4 Å². The molecule has 0 aliphatic carbocycles. The molecule has 18 nitrogen and oxygen atoms in total. The molecule has 200 valence electrons. The maximum atomic E-state index is 11.9. The highest BCUT2D eigenvalue weighted by Gasteiger charge is 2.35. The van der Waals surface area contributed by atoms with Crippen molar-refractivity contribution in [2.24, 2.45) is 0 Å². The van der Waals surface area contributed by atoms with Crippen LogP contribution in [0.15, 0.2) is 60.7 Å². The Kier molecular flexibility index (Phi) is 6.50. The van der Waals surface area contributed by atoms with Crippen LogP contribution in [0.2, 0.25) is 0 Å². The summed E-state index contributed by atoms with van der Waals surface area (Å²) in [5.41, 5.74) is -7.35. The average Bonchev–Trinajstić information content (AvgIpc) is 2.90. The van der Waals surface area contributed by atoms with Gasteiger partial charge in [0.05, 0.1) is 53.8 Å². The lowest BCUT2D eigenvalue weighted by molar-refractivity contribution is -0.402. The van der Waals surface area contributed by atoms with Crippen molar-refractivity contribution in [1.29, 1.82) is 0 Å². The van der Waals surface area contributed by atoms with Crippen molar-refractivity contribution in [2.75, 3.05) is 0 Å². The molecule has 0 unspecified atom stereocenters. The minimum atomic E-state index is -1.05. The summed E-state index contributed by atoms with van der Waals surface area (Å²) in [6, 6.07) is 9.79. The van der Waals surface area contributed by atoms with Crippen LogP contribution in [0.1, 0.15) is 0 Å². The van der Waals surface area contributed by atoms with Gasteiger partial charge >= 0.3 is 0 Å². The summed E-state index contributed by atoms with van der Waals surface area (Å²) in [5.74, 6) is 0. The third-order valence-electron chi connectivity index (χ3n) is 5.83. The third kappa shape index (κ3) is 4.42. The molecule has 18 heteroatoms.